The van der Waals surface area contributed by atoms with Gasteiger partial charge in [-0.1, -0.05) is 60.5 Å². The second kappa shape index (κ2) is 13.1. The van der Waals surface area contributed by atoms with E-state index in [-0.39, 0.29) is 45.2 Å². The fourth-order valence-corrected chi connectivity index (χ4v) is 5.16. The van der Waals surface area contributed by atoms with Crippen molar-refractivity contribution in [3.63, 3.8) is 0 Å². The van der Waals surface area contributed by atoms with Crippen molar-refractivity contribution in [2.45, 2.75) is 25.9 Å². The lowest BCUT2D eigenvalue weighted by Gasteiger charge is -2.27. The van der Waals surface area contributed by atoms with E-state index in [0.717, 1.165) is 17.5 Å². The van der Waals surface area contributed by atoms with Crippen LogP contribution in [0.5, 0.6) is 23.0 Å². The van der Waals surface area contributed by atoms with Gasteiger partial charge in [0.15, 0.2) is 5.75 Å². The first-order valence-corrected chi connectivity index (χ1v) is 14.1. The van der Waals surface area contributed by atoms with E-state index in [9.17, 15) is 14.4 Å². The summed E-state index contributed by atoms with van der Waals surface area (Å²) < 4.78 is 36.1. The molecule has 1 atom stereocenters. The van der Waals surface area contributed by atoms with E-state index in [1.54, 1.807) is 36.4 Å². The zero-order valence-corrected chi connectivity index (χ0v) is 24.4. The summed E-state index contributed by atoms with van der Waals surface area (Å²) >= 11 is 12.6. The van der Waals surface area contributed by atoms with Crippen molar-refractivity contribution in [3.8, 4) is 29.1 Å². The predicted molar refractivity (Wildman–Crippen MR) is 160 cm³/mol. The number of rotatable bonds is 9. The Morgan fingerprint density at radius 1 is 1.00 bits per heavy atom. The number of nitrogens with zero attached hydrogens (tertiary/aromatic N) is 1. The van der Waals surface area contributed by atoms with Gasteiger partial charge in [0.1, 0.15) is 41.3 Å². The minimum absolute atomic E-state index is 0.0673. The maximum Gasteiger partial charge on any atom is 0.343 e. The summed E-state index contributed by atoms with van der Waals surface area (Å²) in [6.07, 6.45) is 0.768. The highest BCUT2D eigenvalue weighted by molar-refractivity contribution is 6.37. The SMILES string of the molecule is CCCOc1c(Cl)cc(C(=O)Oc2ccc3c(c2)OC(N)=C(C#N)C3c2cccc(OCc3ccc(F)cc3)c2)cc1Cl. The third-order valence-corrected chi connectivity index (χ3v) is 7.16. The van der Waals surface area contributed by atoms with E-state index in [0.29, 0.717) is 29.4 Å². The molecule has 1 heterocycles. The highest BCUT2D eigenvalue weighted by atomic mass is 35.5. The van der Waals surface area contributed by atoms with E-state index < -0.39 is 11.9 Å². The molecule has 5 rings (SSSR count). The zero-order valence-electron chi connectivity index (χ0n) is 22.9. The van der Waals surface area contributed by atoms with Crippen LogP contribution in [0.1, 0.15) is 46.3 Å². The summed E-state index contributed by atoms with van der Waals surface area (Å²) in [5.41, 5.74) is 8.71. The summed E-state index contributed by atoms with van der Waals surface area (Å²) in [6, 6.07) is 23.1. The first kappa shape index (κ1) is 29.8. The molecule has 1 unspecified atom stereocenters. The normalized spacial score (nSPS) is 13.9. The monoisotopic (exact) mass is 618 g/mol. The van der Waals surface area contributed by atoms with Gasteiger partial charge < -0.3 is 24.7 Å². The van der Waals surface area contributed by atoms with Gasteiger partial charge in [0.05, 0.1) is 28.1 Å². The van der Waals surface area contributed by atoms with E-state index in [4.69, 9.17) is 47.9 Å². The van der Waals surface area contributed by atoms with Crippen molar-refractivity contribution in [2.75, 3.05) is 6.61 Å². The van der Waals surface area contributed by atoms with Crippen LogP contribution in [0.3, 0.4) is 0 Å². The lowest BCUT2D eigenvalue weighted by molar-refractivity contribution is 0.0734. The van der Waals surface area contributed by atoms with Gasteiger partial charge in [0.25, 0.3) is 0 Å². The Bertz CT molecular complexity index is 1730. The summed E-state index contributed by atoms with van der Waals surface area (Å²) in [5.74, 6) is -0.283. The van der Waals surface area contributed by atoms with Gasteiger partial charge in [-0.2, -0.15) is 5.26 Å². The fraction of sp³-hybridized carbons (Fsp3) is 0.152. The molecule has 2 N–H and O–H groups in total. The standard InChI is InChI=1S/C33H25Cl2FN2O5/c1-2-12-40-31-27(34)14-21(15-28(31)35)33(39)42-24-10-11-25-29(16-24)43-32(38)26(17-37)30(25)20-4-3-5-23(13-20)41-18-19-6-8-22(36)9-7-19/h3-11,13-16,30H,2,12,18,38H2,1H3. The number of carbonyl (C=O) groups is 1. The van der Waals surface area contributed by atoms with Gasteiger partial charge in [-0.15, -0.1) is 0 Å². The molecule has 0 spiro atoms. The smallest absolute Gasteiger partial charge is 0.343 e. The third-order valence-electron chi connectivity index (χ3n) is 6.60. The van der Waals surface area contributed by atoms with Gasteiger partial charge in [0.2, 0.25) is 5.88 Å². The van der Waals surface area contributed by atoms with Crippen LogP contribution >= 0.6 is 23.2 Å². The van der Waals surface area contributed by atoms with Gasteiger partial charge in [-0.05, 0) is 60.0 Å². The number of halogens is 3. The van der Waals surface area contributed by atoms with E-state index in [1.165, 1.54) is 30.3 Å². The fourth-order valence-electron chi connectivity index (χ4n) is 4.56. The van der Waals surface area contributed by atoms with Gasteiger partial charge in [-0.3, -0.25) is 0 Å². The Hall–Kier alpha value is -4.71. The number of hydrogen-bond acceptors (Lipinski definition) is 7. The molecule has 43 heavy (non-hydrogen) atoms. The molecule has 0 aromatic heterocycles. The maximum absolute atomic E-state index is 13.2. The Balaban J connectivity index is 1.38. The largest absolute Gasteiger partial charge is 0.490 e. The minimum atomic E-state index is -0.689. The number of ether oxygens (including phenoxy) is 4. The predicted octanol–water partition coefficient (Wildman–Crippen LogP) is 7.94. The van der Waals surface area contributed by atoms with Crippen molar-refractivity contribution in [1.82, 2.24) is 0 Å². The molecular weight excluding hydrogens is 594 g/mol. The van der Waals surface area contributed by atoms with Crippen molar-refractivity contribution < 1.29 is 28.1 Å². The topological polar surface area (TPSA) is 104 Å². The number of benzene rings is 4. The first-order valence-electron chi connectivity index (χ1n) is 13.3. The molecule has 0 fully saturated rings. The van der Waals surface area contributed by atoms with E-state index in [1.807, 2.05) is 19.1 Å². The van der Waals surface area contributed by atoms with Crippen molar-refractivity contribution in [3.05, 3.63) is 128 Å². The number of hydrogen-bond donors (Lipinski definition) is 1. The Labute approximate surface area is 257 Å². The summed E-state index contributed by atoms with van der Waals surface area (Å²) in [7, 11) is 0. The van der Waals surface area contributed by atoms with Crippen molar-refractivity contribution in [2.24, 2.45) is 5.73 Å². The van der Waals surface area contributed by atoms with Crippen LogP contribution in [0.2, 0.25) is 10.0 Å². The number of nitrogens with two attached hydrogens (primary N) is 1. The first-order chi connectivity index (χ1) is 20.8. The Kier molecular flexibility index (Phi) is 9.05. The van der Waals surface area contributed by atoms with Crippen LogP contribution in [-0.4, -0.2) is 12.6 Å². The number of nitriles is 1. The quantitative estimate of drug-likeness (QED) is 0.150. The van der Waals surface area contributed by atoms with Crippen LogP contribution in [0.4, 0.5) is 4.39 Å². The molecule has 0 amide bonds. The maximum atomic E-state index is 13.2. The molecule has 0 aliphatic carbocycles. The lowest BCUT2D eigenvalue weighted by Crippen LogP contribution is -2.21. The second-order valence-electron chi connectivity index (χ2n) is 9.62. The number of carbonyl (C=O) groups excluding carboxylic acids is 1. The molecule has 0 saturated heterocycles. The average Bonchev–Trinajstić information content (AvgIpc) is 2.99. The highest BCUT2D eigenvalue weighted by Gasteiger charge is 2.31. The lowest BCUT2D eigenvalue weighted by atomic mass is 9.83. The van der Waals surface area contributed by atoms with Gasteiger partial charge in [0, 0.05) is 11.6 Å². The average molecular weight is 619 g/mol. The second-order valence-corrected chi connectivity index (χ2v) is 10.4. The molecule has 4 aromatic rings. The van der Waals surface area contributed by atoms with E-state index >= 15 is 0 Å². The zero-order chi connectivity index (χ0) is 30.5. The molecular formula is C33H25Cl2FN2O5. The summed E-state index contributed by atoms with van der Waals surface area (Å²) in [4.78, 5) is 12.9. The number of fused-ring (bicyclic) bond motifs is 1. The van der Waals surface area contributed by atoms with Gasteiger partial charge >= 0.3 is 5.97 Å². The molecule has 1 aliphatic heterocycles. The van der Waals surface area contributed by atoms with Crippen LogP contribution in [0.25, 0.3) is 0 Å². The molecule has 10 heteroatoms. The number of allylic oxidation sites excluding steroid dienone is 1. The molecule has 1 aliphatic rings. The molecule has 4 aromatic carbocycles. The molecule has 0 saturated carbocycles. The summed E-state index contributed by atoms with van der Waals surface area (Å²) in [5, 5.41) is 10.3. The van der Waals surface area contributed by atoms with Crippen LogP contribution in [0.15, 0.2) is 90.3 Å². The third kappa shape index (κ3) is 6.69. The number of esters is 1. The van der Waals surface area contributed by atoms with E-state index in [2.05, 4.69) is 6.07 Å². The van der Waals surface area contributed by atoms with Crippen molar-refractivity contribution in [1.29, 1.82) is 5.26 Å². The van der Waals surface area contributed by atoms with Crippen LogP contribution in [-0.2, 0) is 6.61 Å². The van der Waals surface area contributed by atoms with Crippen LogP contribution in [0, 0.1) is 17.1 Å². The highest BCUT2D eigenvalue weighted by Crippen LogP contribution is 2.44. The van der Waals surface area contributed by atoms with Gasteiger partial charge in [-0.25, -0.2) is 9.18 Å². The minimum Gasteiger partial charge on any atom is -0.490 e. The van der Waals surface area contributed by atoms with Crippen LogP contribution < -0.4 is 24.7 Å². The molecule has 0 radical (unpaired) electrons. The Morgan fingerprint density at radius 2 is 1.74 bits per heavy atom. The molecule has 218 valence electrons. The van der Waals surface area contributed by atoms with Crippen molar-refractivity contribution >= 4 is 29.2 Å². The molecule has 0 bridgehead atoms. The summed E-state index contributed by atoms with van der Waals surface area (Å²) in [6.45, 7) is 2.61. The molecule has 7 nitrogen and oxygen atoms in total. The Morgan fingerprint density at radius 3 is 2.44 bits per heavy atom.